The van der Waals surface area contributed by atoms with Crippen LogP contribution in [0.3, 0.4) is 0 Å². The lowest BCUT2D eigenvalue weighted by Crippen LogP contribution is -2.28. The average Bonchev–Trinajstić information content (AvgIpc) is 2.47. The van der Waals surface area contributed by atoms with Crippen molar-refractivity contribution in [2.24, 2.45) is 0 Å². The smallest absolute Gasteiger partial charge is 0.118 e. The SMILES string of the molecule is COc1ccc(C2CNCc3ccccc32)cc1.Cl. The minimum absolute atomic E-state index is 0. The Bertz CT molecular complexity index is 539. The molecule has 2 aromatic carbocycles. The molecule has 0 amide bonds. The molecule has 1 N–H and O–H groups in total. The molecule has 3 rings (SSSR count). The first-order valence-electron chi connectivity index (χ1n) is 6.31. The highest BCUT2D eigenvalue weighted by molar-refractivity contribution is 5.85. The third kappa shape index (κ3) is 2.75. The van der Waals surface area contributed by atoms with Gasteiger partial charge in [-0.05, 0) is 28.8 Å². The summed E-state index contributed by atoms with van der Waals surface area (Å²) in [5, 5.41) is 3.49. The maximum absolute atomic E-state index is 5.21. The van der Waals surface area contributed by atoms with Gasteiger partial charge in [0.1, 0.15) is 5.75 Å². The number of benzene rings is 2. The number of methoxy groups -OCH3 is 1. The molecule has 19 heavy (non-hydrogen) atoms. The molecule has 0 spiro atoms. The van der Waals surface area contributed by atoms with Gasteiger partial charge in [0.2, 0.25) is 0 Å². The Morgan fingerprint density at radius 1 is 1.05 bits per heavy atom. The molecule has 0 radical (unpaired) electrons. The Balaban J connectivity index is 0.00000133. The van der Waals surface area contributed by atoms with Gasteiger partial charge in [0, 0.05) is 19.0 Å². The normalized spacial score (nSPS) is 17.2. The van der Waals surface area contributed by atoms with Gasteiger partial charge in [-0.15, -0.1) is 12.4 Å². The third-order valence-corrected chi connectivity index (χ3v) is 3.61. The van der Waals surface area contributed by atoms with Crippen molar-refractivity contribution in [1.29, 1.82) is 0 Å². The van der Waals surface area contributed by atoms with Crippen LogP contribution in [-0.4, -0.2) is 13.7 Å². The zero-order valence-electron chi connectivity index (χ0n) is 10.9. The molecule has 1 aliphatic rings. The van der Waals surface area contributed by atoms with Crippen LogP contribution in [0.25, 0.3) is 0 Å². The number of nitrogens with one attached hydrogen (secondary N) is 1. The fourth-order valence-electron chi connectivity index (χ4n) is 2.63. The second-order valence-electron chi connectivity index (χ2n) is 4.66. The van der Waals surface area contributed by atoms with E-state index < -0.39 is 0 Å². The molecule has 1 heterocycles. The van der Waals surface area contributed by atoms with Gasteiger partial charge in [-0.1, -0.05) is 36.4 Å². The summed E-state index contributed by atoms with van der Waals surface area (Å²) in [7, 11) is 1.70. The second kappa shape index (κ2) is 6.09. The van der Waals surface area contributed by atoms with Crippen molar-refractivity contribution in [2.75, 3.05) is 13.7 Å². The van der Waals surface area contributed by atoms with E-state index in [1.807, 2.05) is 12.1 Å². The van der Waals surface area contributed by atoms with Gasteiger partial charge in [-0.2, -0.15) is 0 Å². The van der Waals surface area contributed by atoms with E-state index in [9.17, 15) is 0 Å². The lowest BCUT2D eigenvalue weighted by molar-refractivity contribution is 0.414. The van der Waals surface area contributed by atoms with Crippen LogP contribution in [0.15, 0.2) is 48.5 Å². The van der Waals surface area contributed by atoms with E-state index in [-0.39, 0.29) is 12.4 Å². The summed E-state index contributed by atoms with van der Waals surface area (Å²) in [6.45, 7) is 1.98. The molecule has 0 aromatic heterocycles. The molecular formula is C16H18ClNO. The van der Waals surface area contributed by atoms with Crippen LogP contribution in [-0.2, 0) is 6.54 Å². The molecule has 2 nitrogen and oxygen atoms in total. The lowest BCUT2D eigenvalue weighted by atomic mass is 9.85. The van der Waals surface area contributed by atoms with Gasteiger partial charge in [-0.25, -0.2) is 0 Å². The zero-order chi connectivity index (χ0) is 12.4. The Morgan fingerprint density at radius 3 is 2.53 bits per heavy atom. The first kappa shape index (κ1) is 13.9. The minimum atomic E-state index is 0. The molecular weight excluding hydrogens is 258 g/mol. The monoisotopic (exact) mass is 275 g/mol. The Hall–Kier alpha value is -1.51. The molecule has 1 unspecified atom stereocenters. The topological polar surface area (TPSA) is 21.3 Å². The minimum Gasteiger partial charge on any atom is -0.497 e. The second-order valence-corrected chi connectivity index (χ2v) is 4.66. The van der Waals surface area contributed by atoms with Gasteiger partial charge in [0.15, 0.2) is 0 Å². The molecule has 0 saturated heterocycles. The molecule has 1 aliphatic heterocycles. The highest BCUT2D eigenvalue weighted by atomic mass is 35.5. The molecule has 2 aromatic rings. The van der Waals surface area contributed by atoms with E-state index in [4.69, 9.17) is 4.74 Å². The predicted octanol–water partition coefficient (Wildman–Crippen LogP) is 3.35. The fraction of sp³-hybridized carbons (Fsp3) is 0.250. The molecule has 0 aliphatic carbocycles. The largest absolute Gasteiger partial charge is 0.497 e. The zero-order valence-corrected chi connectivity index (χ0v) is 11.7. The number of halogens is 1. The Labute approximate surface area is 120 Å². The van der Waals surface area contributed by atoms with Crippen LogP contribution in [0.4, 0.5) is 0 Å². The highest BCUT2D eigenvalue weighted by Crippen LogP contribution is 2.30. The van der Waals surface area contributed by atoms with Crippen LogP contribution in [0, 0.1) is 0 Å². The quantitative estimate of drug-likeness (QED) is 0.908. The van der Waals surface area contributed by atoms with Crippen molar-refractivity contribution in [3.63, 3.8) is 0 Å². The summed E-state index contributed by atoms with van der Waals surface area (Å²) >= 11 is 0. The molecule has 0 bridgehead atoms. The third-order valence-electron chi connectivity index (χ3n) is 3.61. The van der Waals surface area contributed by atoms with Crippen molar-refractivity contribution < 1.29 is 4.74 Å². The van der Waals surface area contributed by atoms with Gasteiger partial charge < -0.3 is 10.1 Å². The van der Waals surface area contributed by atoms with E-state index in [1.54, 1.807) is 7.11 Å². The number of rotatable bonds is 2. The summed E-state index contributed by atoms with van der Waals surface area (Å²) < 4.78 is 5.21. The Morgan fingerprint density at radius 2 is 1.79 bits per heavy atom. The summed E-state index contributed by atoms with van der Waals surface area (Å²) in [5.41, 5.74) is 4.20. The van der Waals surface area contributed by atoms with E-state index in [0.717, 1.165) is 18.8 Å². The van der Waals surface area contributed by atoms with Crippen LogP contribution >= 0.6 is 12.4 Å². The van der Waals surface area contributed by atoms with Gasteiger partial charge in [-0.3, -0.25) is 0 Å². The van der Waals surface area contributed by atoms with E-state index in [2.05, 4.69) is 41.7 Å². The molecule has 0 fully saturated rings. The summed E-state index contributed by atoms with van der Waals surface area (Å²) in [5.74, 6) is 1.36. The van der Waals surface area contributed by atoms with Gasteiger partial charge in [0.05, 0.1) is 7.11 Å². The first-order valence-corrected chi connectivity index (χ1v) is 6.31. The van der Waals surface area contributed by atoms with E-state index >= 15 is 0 Å². The average molecular weight is 276 g/mol. The van der Waals surface area contributed by atoms with Crippen LogP contribution < -0.4 is 10.1 Å². The summed E-state index contributed by atoms with van der Waals surface area (Å²) in [4.78, 5) is 0. The van der Waals surface area contributed by atoms with E-state index in [1.165, 1.54) is 16.7 Å². The molecule has 100 valence electrons. The number of hydrogen-bond donors (Lipinski definition) is 1. The first-order chi connectivity index (χ1) is 8.88. The van der Waals surface area contributed by atoms with Crippen molar-refractivity contribution in [1.82, 2.24) is 5.32 Å². The molecule has 3 heteroatoms. The van der Waals surface area contributed by atoms with Crippen LogP contribution in [0.5, 0.6) is 5.75 Å². The number of ether oxygens (including phenoxy) is 1. The van der Waals surface area contributed by atoms with Crippen molar-refractivity contribution in [3.8, 4) is 5.75 Å². The standard InChI is InChI=1S/C16H17NO.ClH/c1-18-14-8-6-12(7-9-14)16-11-17-10-13-4-2-3-5-15(13)16;/h2-9,16-17H,10-11H2,1H3;1H. The van der Waals surface area contributed by atoms with Gasteiger partial charge in [0.25, 0.3) is 0 Å². The molecule has 0 saturated carbocycles. The maximum atomic E-state index is 5.21. The van der Waals surface area contributed by atoms with Crippen molar-refractivity contribution >= 4 is 12.4 Å². The summed E-state index contributed by atoms with van der Waals surface area (Å²) in [6, 6.07) is 17.1. The van der Waals surface area contributed by atoms with Crippen LogP contribution in [0.2, 0.25) is 0 Å². The summed E-state index contributed by atoms with van der Waals surface area (Å²) in [6.07, 6.45) is 0. The lowest BCUT2D eigenvalue weighted by Gasteiger charge is -2.26. The predicted molar refractivity (Wildman–Crippen MR) is 80.2 cm³/mol. The molecule has 1 atom stereocenters. The number of fused-ring (bicyclic) bond motifs is 1. The number of hydrogen-bond acceptors (Lipinski definition) is 2. The fourth-order valence-corrected chi connectivity index (χ4v) is 2.63. The Kier molecular flexibility index (Phi) is 4.46. The van der Waals surface area contributed by atoms with Gasteiger partial charge >= 0.3 is 0 Å². The maximum Gasteiger partial charge on any atom is 0.118 e. The highest BCUT2D eigenvalue weighted by Gasteiger charge is 2.20. The van der Waals surface area contributed by atoms with Crippen LogP contribution in [0.1, 0.15) is 22.6 Å². The van der Waals surface area contributed by atoms with Crippen molar-refractivity contribution in [2.45, 2.75) is 12.5 Å². The van der Waals surface area contributed by atoms with E-state index in [0.29, 0.717) is 5.92 Å². The van der Waals surface area contributed by atoms with Crippen molar-refractivity contribution in [3.05, 3.63) is 65.2 Å².